The van der Waals surface area contributed by atoms with Crippen LogP contribution in [0.1, 0.15) is 6.42 Å². The fraction of sp³-hybridized carbons (Fsp3) is 0.250. The van der Waals surface area contributed by atoms with Crippen LogP contribution in [0.4, 0.5) is 0 Å². The van der Waals surface area contributed by atoms with E-state index in [1.165, 1.54) is 0 Å². The van der Waals surface area contributed by atoms with Crippen molar-refractivity contribution in [3.63, 3.8) is 0 Å². The molecule has 0 fully saturated rings. The van der Waals surface area contributed by atoms with Crippen molar-refractivity contribution in [1.82, 2.24) is 9.97 Å². The van der Waals surface area contributed by atoms with Gasteiger partial charge in [-0.15, -0.1) is 0 Å². The maximum absolute atomic E-state index is 10.4. The van der Waals surface area contributed by atoms with Gasteiger partial charge < -0.3 is 9.78 Å². The van der Waals surface area contributed by atoms with E-state index in [4.69, 9.17) is 0 Å². The van der Waals surface area contributed by atoms with Gasteiger partial charge in [0, 0.05) is 5.92 Å². The van der Waals surface area contributed by atoms with Crippen LogP contribution in [0.15, 0.2) is 6.33 Å². The molecule has 0 saturated heterocycles. The van der Waals surface area contributed by atoms with E-state index in [0.29, 0.717) is 0 Å². The van der Waals surface area contributed by atoms with Crippen LogP contribution in [0.5, 0.6) is 0 Å². The van der Waals surface area contributed by atoms with Crippen LogP contribution in [0.2, 0.25) is 0 Å². The number of aromatic nitrogens is 2. The van der Waals surface area contributed by atoms with Crippen molar-refractivity contribution in [2.75, 3.05) is 0 Å². The lowest BCUT2D eigenvalue weighted by atomic mass is 10.0. The van der Waals surface area contributed by atoms with E-state index in [2.05, 4.69) is 9.97 Å². The largest absolute Gasteiger partial charge is 0.345 e. The molecule has 1 heterocycles. The molecule has 11 heavy (non-hydrogen) atoms. The predicted molar refractivity (Wildman–Crippen MR) is 40.9 cm³/mol. The number of carbonyl (C=O) groups excluding carboxylic acids is 1. The molecule has 0 bridgehead atoms. The third-order valence-corrected chi connectivity index (χ3v) is 1.84. The first-order chi connectivity index (χ1) is 5.40. The Balaban J connectivity index is 2.61. The zero-order valence-electron chi connectivity index (χ0n) is 5.95. The monoisotopic (exact) mass is 148 g/mol. The van der Waals surface area contributed by atoms with Gasteiger partial charge in [-0.2, -0.15) is 0 Å². The molecule has 56 valence electrons. The summed E-state index contributed by atoms with van der Waals surface area (Å²) in [7, 11) is 0. The molecule has 1 N–H and O–H groups in total. The van der Waals surface area contributed by atoms with E-state index in [0.717, 1.165) is 23.4 Å². The Hall–Kier alpha value is -1.38. The van der Waals surface area contributed by atoms with Gasteiger partial charge >= 0.3 is 0 Å². The van der Waals surface area contributed by atoms with Crippen LogP contribution in [0, 0.1) is 5.92 Å². The van der Waals surface area contributed by atoms with Crippen LogP contribution in [0.25, 0.3) is 12.2 Å². The average molecular weight is 148 g/mol. The van der Waals surface area contributed by atoms with Gasteiger partial charge in [-0.3, -0.25) is 0 Å². The summed E-state index contributed by atoms with van der Waals surface area (Å²) >= 11 is 0. The summed E-state index contributed by atoms with van der Waals surface area (Å²) in [6, 6.07) is 0. The lowest BCUT2D eigenvalue weighted by Crippen LogP contribution is -2.29. The Kier molecular flexibility index (Phi) is 1.35. The third kappa shape index (κ3) is 0.981. The van der Waals surface area contributed by atoms with Gasteiger partial charge in [0.2, 0.25) is 0 Å². The summed E-state index contributed by atoms with van der Waals surface area (Å²) in [5, 5.41) is 1.93. The Morgan fingerprint density at radius 2 is 2.64 bits per heavy atom. The Morgan fingerprint density at radius 1 is 1.73 bits per heavy atom. The number of aromatic amines is 1. The number of rotatable bonds is 1. The standard InChI is InChI=1S/C8H8N2O/c11-4-6-1-2-7-8(3-6)10-5-9-7/h2-6H,1H2,(H,9,10). The van der Waals surface area contributed by atoms with Crippen LogP contribution in [-0.2, 0) is 4.79 Å². The van der Waals surface area contributed by atoms with Crippen LogP contribution >= 0.6 is 0 Å². The topological polar surface area (TPSA) is 45.8 Å². The number of aldehydes is 1. The second-order valence-corrected chi connectivity index (χ2v) is 2.61. The smallest absolute Gasteiger partial charge is 0.127 e. The first-order valence-corrected chi connectivity index (χ1v) is 3.57. The summed E-state index contributed by atoms with van der Waals surface area (Å²) in [6.07, 6.45) is 7.28. The van der Waals surface area contributed by atoms with Crippen LogP contribution in [-0.4, -0.2) is 16.3 Å². The Bertz CT molecular complexity index is 377. The van der Waals surface area contributed by atoms with Gasteiger partial charge in [0.25, 0.3) is 0 Å². The summed E-state index contributed by atoms with van der Waals surface area (Å²) in [6.45, 7) is 0. The van der Waals surface area contributed by atoms with Crippen molar-refractivity contribution in [2.24, 2.45) is 5.92 Å². The van der Waals surface area contributed by atoms with E-state index >= 15 is 0 Å². The Morgan fingerprint density at radius 3 is 3.45 bits per heavy atom. The minimum Gasteiger partial charge on any atom is -0.345 e. The number of nitrogens with one attached hydrogen (secondary N) is 1. The Labute approximate surface area is 63.5 Å². The van der Waals surface area contributed by atoms with Gasteiger partial charge in [-0.1, -0.05) is 6.08 Å². The van der Waals surface area contributed by atoms with E-state index < -0.39 is 0 Å². The van der Waals surface area contributed by atoms with Gasteiger partial charge in [0.1, 0.15) is 6.29 Å². The van der Waals surface area contributed by atoms with Gasteiger partial charge in [-0.05, 0) is 12.5 Å². The highest BCUT2D eigenvalue weighted by molar-refractivity contribution is 5.66. The fourth-order valence-electron chi connectivity index (χ4n) is 1.23. The molecule has 0 amide bonds. The summed E-state index contributed by atoms with van der Waals surface area (Å²) < 4.78 is 0. The highest BCUT2D eigenvalue weighted by atomic mass is 16.1. The van der Waals surface area contributed by atoms with Crippen molar-refractivity contribution >= 4 is 18.4 Å². The minimum atomic E-state index is 0.0193. The first-order valence-electron chi connectivity index (χ1n) is 3.57. The number of imidazole rings is 1. The molecule has 0 aliphatic heterocycles. The highest BCUT2D eigenvalue weighted by Crippen LogP contribution is 2.02. The van der Waals surface area contributed by atoms with Gasteiger partial charge in [0.15, 0.2) is 0 Å². The molecule has 1 aromatic rings. The maximum Gasteiger partial charge on any atom is 0.127 e. The SMILES string of the molecule is O=CC1C=c2nc[nH]c2=CC1. The van der Waals surface area contributed by atoms with Crippen LogP contribution < -0.4 is 10.7 Å². The third-order valence-electron chi connectivity index (χ3n) is 1.84. The molecule has 0 radical (unpaired) electrons. The molecule has 2 rings (SSSR count). The lowest BCUT2D eigenvalue weighted by molar-refractivity contribution is -0.109. The van der Waals surface area contributed by atoms with E-state index in [9.17, 15) is 4.79 Å². The molecule has 1 atom stereocenters. The van der Waals surface area contributed by atoms with Gasteiger partial charge in [0.05, 0.1) is 17.0 Å². The molecule has 3 nitrogen and oxygen atoms in total. The van der Waals surface area contributed by atoms with Crippen molar-refractivity contribution in [3.8, 4) is 0 Å². The minimum absolute atomic E-state index is 0.0193. The van der Waals surface area contributed by atoms with Gasteiger partial charge in [-0.25, -0.2) is 4.98 Å². The zero-order chi connectivity index (χ0) is 7.68. The molecule has 0 aromatic carbocycles. The predicted octanol–water partition coefficient (Wildman–Crippen LogP) is -0.810. The summed E-state index contributed by atoms with van der Waals surface area (Å²) in [4.78, 5) is 17.4. The number of hydrogen-bond acceptors (Lipinski definition) is 2. The fourth-order valence-corrected chi connectivity index (χ4v) is 1.23. The quantitative estimate of drug-likeness (QED) is 0.529. The number of H-pyrrole nitrogens is 1. The van der Waals surface area contributed by atoms with Crippen molar-refractivity contribution in [3.05, 3.63) is 17.0 Å². The molecule has 3 heteroatoms. The molecule has 1 aliphatic carbocycles. The lowest BCUT2D eigenvalue weighted by Gasteiger charge is -2.01. The number of fused-ring (bicyclic) bond motifs is 1. The van der Waals surface area contributed by atoms with E-state index in [-0.39, 0.29) is 5.92 Å². The highest BCUT2D eigenvalue weighted by Gasteiger charge is 2.05. The first kappa shape index (κ1) is 6.34. The second kappa shape index (κ2) is 2.34. The van der Waals surface area contributed by atoms with Crippen molar-refractivity contribution in [1.29, 1.82) is 0 Å². The summed E-state index contributed by atoms with van der Waals surface area (Å²) in [5.41, 5.74) is 0. The number of nitrogens with zero attached hydrogens (tertiary/aromatic N) is 1. The molecule has 1 aliphatic rings. The molecule has 0 saturated carbocycles. The van der Waals surface area contributed by atoms with Crippen LogP contribution in [0.3, 0.4) is 0 Å². The normalized spacial score (nSPS) is 21.3. The van der Waals surface area contributed by atoms with Crippen molar-refractivity contribution in [2.45, 2.75) is 6.42 Å². The number of hydrogen-bond donors (Lipinski definition) is 1. The molecule has 0 spiro atoms. The molecule has 1 aromatic heterocycles. The molecular weight excluding hydrogens is 140 g/mol. The van der Waals surface area contributed by atoms with Crippen molar-refractivity contribution < 1.29 is 4.79 Å². The summed E-state index contributed by atoms with van der Waals surface area (Å²) in [5.74, 6) is 0.0193. The molecular formula is C8H8N2O. The van der Waals surface area contributed by atoms with E-state index in [1.807, 2.05) is 12.2 Å². The molecule has 1 unspecified atom stereocenters. The maximum atomic E-state index is 10.4. The van der Waals surface area contributed by atoms with E-state index in [1.54, 1.807) is 6.33 Å². The average Bonchev–Trinajstić information content (AvgIpc) is 2.50. The zero-order valence-corrected chi connectivity index (χ0v) is 5.95. The number of carbonyl (C=O) groups is 1. The second-order valence-electron chi connectivity index (χ2n) is 2.61.